The monoisotopic (exact) mass is 430 g/mol. The van der Waals surface area contributed by atoms with Gasteiger partial charge in [-0.25, -0.2) is 4.79 Å². The highest BCUT2D eigenvalue weighted by atomic mass is 32.2. The summed E-state index contributed by atoms with van der Waals surface area (Å²) >= 11 is 1.29. The molecule has 0 spiro atoms. The third-order valence-electron chi connectivity index (χ3n) is 4.65. The molecule has 3 amide bonds. The predicted molar refractivity (Wildman–Crippen MR) is 119 cm³/mol. The Morgan fingerprint density at radius 1 is 1.07 bits per heavy atom. The summed E-state index contributed by atoms with van der Waals surface area (Å²) in [6.07, 6.45) is 3.49. The van der Waals surface area contributed by atoms with Gasteiger partial charge in [0.15, 0.2) is 5.16 Å². The number of carbonyl (C=O) groups is 2. The molecule has 0 saturated carbocycles. The van der Waals surface area contributed by atoms with Gasteiger partial charge in [0.05, 0.1) is 10.9 Å². The van der Waals surface area contributed by atoms with Crippen molar-refractivity contribution in [2.24, 2.45) is 0 Å². The van der Waals surface area contributed by atoms with Crippen LogP contribution in [0.4, 0.5) is 10.7 Å². The van der Waals surface area contributed by atoms with Gasteiger partial charge in [0.2, 0.25) is 11.9 Å². The number of thioether (sulfide) groups is 1. The molecule has 8 nitrogen and oxygen atoms in total. The van der Waals surface area contributed by atoms with E-state index in [1.165, 1.54) is 18.2 Å². The fourth-order valence-corrected chi connectivity index (χ4v) is 4.10. The van der Waals surface area contributed by atoms with Crippen molar-refractivity contribution in [3.05, 3.63) is 30.3 Å². The maximum absolute atomic E-state index is 12.5. The van der Waals surface area contributed by atoms with Crippen LogP contribution < -0.4 is 15.5 Å². The standard InChI is InChI=1S/C21H30N6O2S/c1-15(17(28)22-18(29)23-21(2,3)4)30-20-25-24-19(26-13-9-6-10-14-26)27(20)16-11-7-5-8-12-16/h5,7-8,11-12,15H,6,9-10,13-14H2,1-4H3,(H2,22,23,28,29). The van der Waals surface area contributed by atoms with Gasteiger partial charge in [-0.05, 0) is 59.1 Å². The second-order valence-electron chi connectivity index (χ2n) is 8.45. The van der Waals surface area contributed by atoms with E-state index in [4.69, 9.17) is 0 Å². The Hall–Kier alpha value is -2.55. The molecule has 1 atom stereocenters. The number of carbonyl (C=O) groups excluding carboxylic acids is 2. The molecule has 1 aliphatic rings. The summed E-state index contributed by atoms with van der Waals surface area (Å²) in [6, 6.07) is 9.40. The van der Waals surface area contributed by atoms with E-state index in [1.807, 2.05) is 55.7 Å². The summed E-state index contributed by atoms with van der Waals surface area (Å²) in [5, 5.41) is 14.1. The number of urea groups is 1. The first-order chi connectivity index (χ1) is 14.2. The molecular formula is C21H30N6O2S. The molecule has 9 heteroatoms. The zero-order chi connectivity index (χ0) is 21.7. The van der Waals surface area contributed by atoms with Gasteiger partial charge in [-0.1, -0.05) is 30.0 Å². The lowest BCUT2D eigenvalue weighted by Gasteiger charge is -2.28. The summed E-state index contributed by atoms with van der Waals surface area (Å²) < 4.78 is 2.00. The van der Waals surface area contributed by atoms with Gasteiger partial charge in [0.1, 0.15) is 0 Å². The normalized spacial score (nSPS) is 15.5. The number of amides is 3. The lowest BCUT2D eigenvalue weighted by molar-refractivity contribution is -0.119. The van der Waals surface area contributed by atoms with Crippen LogP contribution in [0, 0.1) is 0 Å². The largest absolute Gasteiger partial charge is 0.341 e. The predicted octanol–water partition coefficient (Wildman–Crippen LogP) is 3.36. The van der Waals surface area contributed by atoms with Crippen LogP contribution in [0.25, 0.3) is 5.69 Å². The first-order valence-electron chi connectivity index (χ1n) is 10.3. The van der Waals surface area contributed by atoms with E-state index in [-0.39, 0.29) is 5.91 Å². The van der Waals surface area contributed by atoms with Gasteiger partial charge in [-0.3, -0.25) is 14.7 Å². The molecule has 30 heavy (non-hydrogen) atoms. The molecule has 1 aromatic heterocycles. The Balaban J connectivity index is 1.79. The zero-order valence-corrected chi connectivity index (χ0v) is 18.8. The van der Waals surface area contributed by atoms with Crippen LogP contribution in [-0.2, 0) is 4.79 Å². The van der Waals surface area contributed by atoms with E-state index < -0.39 is 16.8 Å². The van der Waals surface area contributed by atoms with Crippen molar-refractivity contribution in [1.82, 2.24) is 25.4 Å². The molecular weight excluding hydrogens is 400 g/mol. The maximum Gasteiger partial charge on any atom is 0.321 e. The second kappa shape index (κ2) is 9.51. The summed E-state index contributed by atoms with van der Waals surface area (Å²) in [7, 11) is 0. The SMILES string of the molecule is CC(Sc1nnc(N2CCCCC2)n1-c1ccccc1)C(=O)NC(=O)NC(C)(C)C. The van der Waals surface area contributed by atoms with E-state index in [9.17, 15) is 9.59 Å². The van der Waals surface area contributed by atoms with Gasteiger partial charge >= 0.3 is 6.03 Å². The van der Waals surface area contributed by atoms with Gasteiger partial charge in [-0.15, -0.1) is 10.2 Å². The second-order valence-corrected chi connectivity index (χ2v) is 9.76. The number of rotatable bonds is 5. The topological polar surface area (TPSA) is 92.2 Å². The number of para-hydroxylation sites is 1. The smallest absolute Gasteiger partial charge is 0.321 e. The van der Waals surface area contributed by atoms with Crippen LogP contribution in [-0.4, -0.2) is 50.6 Å². The van der Waals surface area contributed by atoms with Crippen molar-refractivity contribution in [3.8, 4) is 5.69 Å². The molecule has 2 heterocycles. The number of nitrogens with one attached hydrogen (secondary N) is 2. The number of benzene rings is 1. The van der Waals surface area contributed by atoms with Crippen LogP contribution in [0.5, 0.6) is 0 Å². The number of hydrogen-bond donors (Lipinski definition) is 2. The number of piperidine rings is 1. The van der Waals surface area contributed by atoms with Crippen molar-refractivity contribution in [2.45, 2.75) is 62.9 Å². The molecule has 0 bridgehead atoms. The average molecular weight is 431 g/mol. The molecule has 0 radical (unpaired) electrons. The fraction of sp³-hybridized carbons (Fsp3) is 0.524. The quantitative estimate of drug-likeness (QED) is 0.707. The Morgan fingerprint density at radius 2 is 1.73 bits per heavy atom. The summed E-state index contributed by atoms with van der Waals surface area (Å²) in [4.78, 5) is 26.8. The highest BCUT2D eigenvalue weighted by Crippen LogP contribution is 2.30. The molecule has 1 saturated heterocycles. The van der Waals surface area contributed by atoms with Gasteiger partial charge in [0.25, 0.3) is 0 Å². The maximum atomic E-state index is 12.5. The first kappa shape index (κ1) is 22.1. The number of nitrogens with zero attached hydrogens (tertiary/aromatic N) is 4. The van der Waals surface area contributed by atoms with E-state index in [2.05, 4.69) is 25.7 Å². The van der Waals surface area contributed by atoms with E-state index in [0.717, 1.165) is 37.6 Å². The summed E-state index contributed by atoms with van der Waals surface area (Å²) in [5.74, 6) is 0.422. The highest BCUT2D eigenvalue weighted by molar-refractivity contribution is 8.00. The van der Waals surface area contributed by atoms with E-state index in [1.54, 1.807) is 6.92 Å². The Bertz CT molecular complexity index is 871. The van der Waals surface area contributed by atoms with Crippen LogP contribution in [0.3, 0.4) is 0 Å². The summed E-state index contributed by atoms with van der Waals surface area (Å²) in [5.41, 5.74) is 0.529. The van der Waals surface area contributed by atoms with Gasteiger partial charge < -0.3 is 10.2 Å². The number of aromatic nitrogens is 3. The van der Waals surface area contributed by atoms with Gasteiger partial charge in [-0.2, -0.15) is 0 Å². The van der Waals surface area contributed by atoms with Crippen molar-refractivity contribution in [3.63, 3.8) is 0 Å². The van der Waals surface area contributed by atoms with Crippen LogP contribution >= 0.6 is 11.8 Å². The average Bonchev–Trinajstić information content (AvgIpc) is 3.11. The molecule has 1 aliphatic heterocycles. The zero-order valence-electron chi connectivity index (χ0n) is 18.0. The number of hydrogen-bond acceptors (Lipinski definition) is 6. The van der Waals surface area contributed by atoms with Crippen LogP contribution in [0.15, 0.2) is 35.5 Å². The minimum atomic E-state index is -0.517. The third-order valence-corrected chi connectivity index (χ3v) is 5.69. The molecule has 1 unspecified atom stereocenters. The fourth-order valence-electron chi connectivity index (χ4n) is 3.24. The molecule has 1 fully saturated rings. The highest BCUT2D eigenvalue weighted by Gasteiger charge is 2.26. The van der Waals surface area contributed by atoms with Gasteiger partial charge in [0, 0.05) is 18.6 Å². The Labute approximate surface area is 181 Å². The number of anilines is 1. The molecule has 0 aliphatic carbocycles. The Morgan fingerprint density at radius 3 is 2.37 bits per heavy atom. The first-order valence-corrected chi connectivity index (χ1v) is 11.2. The number of imide groups is 1. The van der Waals surface area contributed by atoms with Crippen molar-refractivity contribution < 1.29 is 9.59 Å². The third kappa shape index (κ3) is 5.75. The van der Waals surface area contributed by atoms with Crippen molar-refractivity contribution in [1.29, 1.82) is 0 Å². The minimum Gasteiger partial charge on any atom is -0.341 e. The molecule has 162 valence electrons. The molecule has 2 aromatic rings. The molecule has 2 N–H and O–H groups in total. The molecule has 1 aromatic carbocycles. The Kier molecular flexibility index (Phi) is 7.02. The van der Waals surface area contributed by atoms with E-state index >= 15 is 0 Å². The lowest BCUT2D eigenvalue weighted by atomic mass is 10.1. The van der Waals surface area contributed by atoms with Crippen LogP contribution in [0.2, 0.25) is 0 Å². The lowest BCUT2D eigenvalue weighted by Crippen LogP contribution is -2.49. The molecule has 3 rings (SSSR count). The summed E-state index contributed by atoms with van der Waals surface area (Å²) in [6.45, 7) is 9.23. The van der Waals surface area contributed by atoms with E-state index in [0.29, 0.717) is 5.16 Å². The van der Waals surface area contributed by atoms with Crippen molar-refractivity contribution in [2.75, 3.05) is 18.0 Å². The van der Waals surface area contributed by atoms with Crippen LogP contribution in [0.1, 0.15) is 47.0 Å². The van der Waals surface area contributed by atoms with Crippen molar-refractivity contribution >= 4 is 29.6 Å². The minimum absolute atomic E-state index is 0.371.